The number of hydrogen-bond acceptors (Lipinski definition) is 3. The molecular formula is C14H11NO2. The molecule has 0 radical (unpaired) electrons. The van der Waals surface area contributed by atoms with Gasteiger partial charge in [-0.1, -0.05) is 18.2 Å². The van der Waals surface area contributed by atoms with E-state index in [1.807, 2.05) is 18.2 Å². The Morgan fingerprint density at radius 3 is 2.71 bits per heavy atom. The van der Waals surface area contributed by atoms with Crippen molar-refractivity contribution in [1.82, 2.24) is 0 Å². The first-order valence-electron chi connectivity index (χ1n) is 5.57. The largest absolute Gasteiger partial charge is 0.507 e. The normalized spacial score (nSPS) is 12.7. The van der Waals surface area contributed by atoms with Crippen LogP contribution < -0.4 is 0 Å². The van der Waals surface area contributed by atoms with Gasteiger partial charge in [0.05, 0.1) is 0 Å². The molecule has 0 fully saturated rings. The van der Waals surface area contributed by atoms with E-state index in [0.29, 0.717) is 11.4 Å². The Balaban J connectivity index is 2.26. The quantitative estimate of drug-likeness (QED) is 0.754. The fourth-order valence-corrected chi connectivity index (χ4v) is 2.46. The van der Waals surface area contributed by atoms with Crippen LogP contribution in [0.5, 0.6) is 5.75 Å². The predicted molar refractivity (Wildman–Crippen MR) is 66.4 cm³/mol. The number of rotatable bonds is 1. The number of aryl methyl sites for hydroxylation is 2. The first-order valence-corrected chi connectivity index (χ1v) is 5.57. The van der Waals surface area contributed by atoms with E-state index < -0.39 is 0 Å². The minimum Gasteiger partial charge on any atom is -0.507 e. The molecule has 2 aromatic carbocycles. The van der Waals surface area contributed by atoms with E-state index in [9.17, 15) is 10.0 Å². The summed E-state index contributed by atoms with van der Waals surface area (Å²) in [5, 5.41) is 12.9. The third kappa shape index (κ3) is 1.51. The molecule has 0 aromatic heterocycles. The molecule has 3 nitrogen and oxygen atoms in total. The summed E-state index contributed by atoms with van der Waals surface area (Å²) in [6.45, 7) is 0. The van der Waals surface area contributed by atoms with Crippen LogP contribution >= 0.6 is 0 Å². The van der Waals surface area contributed by atoms with Gasteiger partial charge in [0.15, 0.2) is 0 Å². The zero-order valence-corrected chi connectivity index (χ0v) is 9.18. The second kappa shape index (κ2) is 3.70. The Bertz CT molecular complexity index is 605. The molecule has 0 saturated carbocycles. The van der Waals surface area contributed by atoms with E-state index in [-0.39, 0.29) is 0 Å². The maximum absolute atomic E-state index is 10.5. The minimum atomic E-state index is 0.301. The average molecular weight is 225 g/mol. The third-order valence-electron chi connectivity index (χ3n) is 3.26. The molecule has 17 heavy (non-hydrogen) atoms. The maximum atomic E-state index is 10.5. The molecule has 84 valence electrons. The van der Waals surface area contributed by atoms with Crippen LogP contribution in [-0.2, 0) is 12.8 Å². The van der Waals surface area contributed by atoms with Crippen LogP contribution in [0, 0.1) is 4.91 Å². The highest BCUT2D eigenvalue weighted by atomic mass is 16.3. The van der Waals surface area contributed by atoms with E-state index in [0.717, 1.165) is 35.1 Å². The van der Waals surface area contributed by atoms with E-state index in [2.05, 4.69) is 5.18 Å². The van der Waals surface area contributed by atoms with Gasteiger partial charge in [0.1, 0.15) is 11.4 Å². The number of hydrogen-bond donors (Lipinski definition) is 1. The zero-order chi connectivity index (χ0) is 11.8. The predicted octanol–water partition coefficient (Wildman–Crippen LogP) is 3.56. The van der Waals surface area contributed by atoms with E-state index >= 15 is 0 Å². The van der Waals surface area contributed by atoms with Gasteiger partial charge in [-0.3, -0.25) is 0 Å². The number of benzene rings is 2. The molecule has 2 aromatic rings. The van der Waals surface area contributed by atoms with E-state index in [1.54, 1.807) is 18.2 Å². The van der Waals surface area contributed by atoms with Crippen LogP contribution in [0.1, 0.15) is 11.1 Å². The van der Waals surface area contributed by atoms with Crippen molar-refractivity contribution in [2.45, 2.75) is 12.8 Å². The van der Waals surface area contributed by atoms with Gasteiger partial charge in [-0.25, -0.2) is 0 Å². The number of aromatic hydroxyl groups is 1. The number of nitroso groups, excluding NO2 is 1. The summed E-state index contributed by atoms with van der Waals surface area (Å²) in [4.78, 5) is 10.5. The van der Waals surface area contributed by atoms with Gasteiger partial charge in [-0.05, 0) is 52.9 Å². The Kier molecular flexibility index (Phi) is 2.18. The molecule has 0 spiro atoms. The lowest BCUT2D eigenvalue weighted by molar-refractivity contribution is 0.476. The second-order valence-electron chi connectivity index (χ2n) is 4.24. The highest BCUT2D eigenvalue weighted by molar-refractivity contribution is 5.79. The molecular weight excluding hydrogens is 214 g/mol. The van der Waals surface area contributed by atoms with Crippen molar-refractivity contribution in [3.8, 4) is 16.9 Å². The van der Waals surface area contributed by atoms with Crippen molar-refractivity contribution in [3.05, 3.63) is 52.4 Å². The number of phenolic OH excluding ortho intramolecular Hbond substituents is 1. The summed E-state index contributed by atoms with van der Waals surface area (Å²) < 4.78 is 0. The highest BCUT2D eigenvalue weighted by Gasteiger charge is 2.19. The highest BCUT2D eigenvalue weighted by Crippen LogP contribution is 2.40. The summed E-state index contributed by atoms with van der Waals surface area (Å²) in [6.07, 6.45) is 1.77. The minimum absolute atomic E-state index is 0.301. The Morgan fingerprint density at radius 1 is 1.06 bits per heavy atom. The van der Waals surface area contributed by atoms with Gasteiger partial charge in [0.2, 0.25) is 0 Å². The van der Waals surface area contributed by atoms with Gasteiger partial charge in [0, 0.05) is 5.56 Å². The van der Waals surface area contributed by atoms with Crippen molar-refractivity contribution in [3.63, 3.8) is 0 Å². The summed E-state index contributed by atoms with van der Waals surface area (Å²) in [6, 6.07) is 10.9. The van der Waals surface area contributed by atoms with Crippen LogP contribution in [0.15, 0.2) is 41.6 Å². The molecule has 3 heteroatoms. The van der Waals surface area contributed by atoms with Crippen molar-refractivity contribution >= 4 is 5.69 Å². The maximum Gasteiger partial charge on any atom is 0.123 e. The van der Waals surface area contributed by atoms with E-state index in [1.165, 1.54) is 0 Å². The van der Waals surface area contributed by atoms with Gasteiger partial charge in [-0.15, -0.1) is 4.91 Å². The molecule has 1 aliphatic carbocycles. The van der Waals surface area contributed by atoms with Crippen molar-refractivity contribution in [2.75, 3.05) is 0 Å². The first kappa shape index (κ1) is 10.0. The van der Waals surface area contributed by atoms with Gasteiger partial charge < -0.3 is 5.11 Å². The van der Waals surface area contributed by atoms with E-state index in [4.69, 9.17) is 0 Å². The van der Waals surface area contributed by atoms with Crippen LogP contribution in [0.2, 0.25) is 0 Å². The zero-order valence-electron chi connectivity index (χ0n) is 9.18. The van der Waals surface area contributed by atoms with Crippen molar-refractivity contribution in [2.24, 2.45) is 5.18 Å². The molecule has 0 atom stereocenters. The fraction of sp³-hybridized carbons (Fsp3) is 0.143. The SMILES string of the molecule is O=Nc1ccc2c(c1)CCc1cccc(O)c1-2. The Labute approximate surface area is 98.7 Å². The van der Waals surface area contributed by atoms with Crippen LogP contribution in [0.25, 0.3) is 11.1 Å². The average Bonchev–Trinajstić information content (AvgIpc) is 2.38. The summed E-state index contributed by atoms with van der Waals surface area (Å²) >= 11 is 0. The monoisotopic (exact) mass is 225 g/mol. The second-order valence-corrected chi connectivity index (χ2v) is 4.24. The molecule has 0 amide bonds. The lowest BCUT2D eigenvalue weighted by Gasteiger charge is -2.20. The molecule has 0 bridgehead atoms. The van der Waals surface area contributed by atoms with Gasteiger partial charge >= 0.3 is 0 Å². The summed E-state index contributed by atoms with van der Waals surface area (Å²) in [5.74, 6) is 0.301. The number of nitrogens with zero attached hydrogens (tertiary/aromatic N) is 1. The first-order chi connectivity index (χ1) is 8.29. The van der Waals surface area contributed by atoms with Crippen LogP contribution in [0.3, 0.4) is 0 Å². The Hall–Kier alpha value is -2.16. The van der Waals surface area contributed by atoms with Crippen molar-refractivity contribution in [1.29, 1.82) is 0 Å². The number of fused-ring (bicyclic) bond motifs is 3. The molecule has 0 saturated heterocycles. The lowest BCUT2D eigenvalue weighted by Crippen LogP contribution is -2.03. The molecule has 0 heterocycles. The lowest BCUT2D eigenvalue weighted by atomic mass is 9.85. The van der Waals surface area contributed by atoms with Crippen LogP contribution in [-0.4, -0.2) is 5.11 Å². The topological polar surface area (TPSA) is 49.7 Å². The van der Waals surface area contributed by atoms with Crippen molar-refractivity contribution < 1.29 is 5.11 Å². The smallest absolute Gasteiger partial charge is 0.123 e. The molecule has 0 unspecified atom stereocenters. The molecule has 1 aliphatic rings. The Morgan fingerprint density at radius 2 is 1.88 bits per heavy atom. The fourth-order valence-electron chi connectivity index (χ4n) is 2.46. The standard InChI is InChI=1S/C14H11NO2/c16-13-3-1-2-9-4-5-10-8-11(15-17)6-7-12(10)14(9)13/h1-3,6-8,16H,4-5H2. The number of phenols is 1. The van der Waals surface area contributed by atoms with Crippen LogP contribution in [0.4, 0.5) is 5.69 Å². The summed E-state index contributed by atoms with van der Waals surface area (Å²) in [5.41, 5.74) is 4.59. The molecule has 1 N–H and O–H groups in total. The third-order valence-corrected chi connectivity index (χ3v) is 3.26. The summed E-state index contributed by atoms with van der Waals surface area (Å²) in [7, 11) is 0. The molecule has 0 aliphatic heterocycles. The van der Waals surface area contributed by atoms with Gasteiger partial charge in [-0.2, -0.15) is 0 Å². The van der Waals surface area contributed by atoms with Gasteiger partial charge in [0.25, 0.3) is 0 Å². The molecule has 3 rings (SSSR count).